The molecule has 1 fully saturated rings. The van der Waals surface area contributed by atoms with E-state index in [-0.39, 0.29) is 6.04 Å². The second-order valence-corrected chi connectivity index (χ2v) is 4.18. The van der Waals surface area contributed by atoms with Crippen molar-refractivity contribution >= 4 is 23.2 Å². The lowest BCUT2D eigenvalue weighted by Gasteiger charge is -2.10. The van der Waals surface area contributed by atoms with Gasteiger partial charge in [0.05, 0.1) is 0 Å². The van der Waals surface area contributed by atoms with E-state index in [4.69, 9.17) is 28.9 Å². The van der Waals surface area contributed by atoms with Crippen molar-refractivity contribution in [1.82, 2.24) is 4.98 Å². The van der Waals surface area contributed by atoms with E-state index in [0.717, 1.165) is 5.56 Å². The number of nitrogens with two attached hydrogens (primary N) is 1. The van der Waals surface area contributed by atoms with E-state index < -0.39 is 0 Å². The molecule has 0 radical (unpaired) electrons. The highest BCUT2D eigenvalue weighted by atomic mass is 35.5. The molecule has 0 amide bonds. The van der Waals surface area contributed by atoms with Gasteiger partial charge in [-0.05, 0) is 36.5 Å². The summed E-state index contributed by atoms with van der Waals surface area (Å²) in [7, 11) is 0. The van der Waals surface area contributed by atoms with Gasteiger partial charge in [0.1, 0.15) is 10.3 Å². The van der Waals surface area contributed by atoms with Gasteiger partial charge >= 0.3 is 0 Å². The molecule has 13 heavy (non-hydrogen) atoms. The van der Waals surface area contributed by atoms with Crippen LogP contribution in [0.25, 0.3) is 0 Å². The molecule has 1 atom stereocenters. The van der Waals surface area contributed by atoms with Gasteiger partial charge in [-0.1, -0.05) is 23.2 Å². The Kier molecular flexibility index (Phi) is 2.45. The van der Waals surface area contributed by atoms with Crippen molar-refractivity contribution in [2.45, 2.75) is 18.9 Å². The maximum Gasteiger partial charge on any atom is 0.131 e. The molecular weight excluding hydrogens is 207 g/mol. The van der Waals surface area contributed by atoms with Crippen LogP contribution >= 0.6 is 23.2 Å². The molecule has 0 aromatic carbocycles. The first-order valence-corrected chi connectivity index (χ1v) is 5.01. The predicted molar refractivity (Wildman–Crippen MR) is 53.9 cm³/mol. The summed E-state index contributed by atoms with van der Waals surface area (Å²) in [6.07, 6.45) is 2.41. The number of pyridine rings is 1. The quantitative estimate of drug-likeness (QED) is 0.773. The molecule has 1 saturated carbocycles. The van der Waals surface area contributed by atoms with Gasteiger partial charge in [0.25, 0.3) is 0 Å². The van der Waals surface area contributed by atoms with E-state index in [2.05, 4.69) is 4.98 Å². The maximum absolute atomic E-state index is 5.99. The largest absolute Gasteiger partial charge is 0.324 e. The summed E-state index contributed by atoms with van der Waals surface area (Å²) in [5.41, 5.74) is 6.99. The third kappa shape index (κ3) is 2.13. The number of rotatable bonds is 2. The van der Waals surface area contributed by atoms with Crippen LogP contribution in [0.2, 0.25) is 10.3 Å². The Bertz CT molecular complexity index is 303. The fraction of sp³-hybridized carbons (Fsp3) is 0.444. The standard InChI is InChI=1S/C9H10Cl2N2/c10-7-3-6(4-8(11)13-7)9(12)5-1-2-5/h3-5,9H,1-2,12H2/t9-/m0/s1. The second kappa shape index (κ2) is 3.45. The van der Waals surface area contributed by atoms with Crippen molar-refractivity contribution < 1.29 is 0 Å². The minimum Gasteiger partial charge on any atom is -0.324 e. The monoisotopic (exact) mass is 216 g/mol. The van der Waals surface area contributed by atoms with Crippen LogP contribution in [0.3, 0.4) is 0 Å². The van der Waals surface area contributed by atoms with Crippen LogP contribution in [0.1, 0.15) is 24.4 Å². The van der Waals surface area contributed by atoms with E-state index in [1.807, 2.05) is 0 Å². The summed E-state index contributed by atoms with van der Waals surface area (Å²) in [6.45, 7) is 0. The molecule has 0 bridgehead atoms. The number of halogens is 2. The van der Waals surface area contributed by atoms with Crippen molar-refractivity contribution in [3.05, 3.63) is 28.0 Å². The van der Waals surface area contributed by atoms with Gasteiger partial charge in [0, 0.05) is 6.04 Å². The van der Waals surface area contributed by atoms with Gasteiger partial charge < -0.3 is 5.73 Å². The van der Waals surface area contributed by atoms with Crippen molar-refractivity contribution in [2.24, 2.45) is 11.7 Å². The minimum atomic E-state index is 0.0676. The first kappa shape index (κ1) is 9.25. The number of nitrogens with zero attached hydrogens (tertiary/aromatic N) is 1. The Balaban J connectivity index is 2.27. The van der Waals surface area contributed by atoms with Crippen LogP contribution in [-0.4, -0.2) is 4.98 Å². The molecular formula is C9H10Cl2N2. The van der Waals surface area contributed by atoms with E-state index in [9.17, 15) is 0 Å². The summed E-state index contributed by atoms with van der Waals surface area (Å²) in [6, 6.07) is 3.64. The summed E-state index contributed by atoms with van der Waals surface area (Å²) in [5.74, 6) is 0.606. The van der Waals surface area contributed by atoms with Crippen molar-refractivity contribution in [1.29, 1.82) is 0 Å². The molecule has 0 spiro atoms. The van der Waals surface area contributed by atoms with E-state index in [1.54, 1.807) is 12.1 Å². The third-order valence-electron chi connectivity index (χ3n) is 2.30. The van der Waals surface area contributed by atoms with Crippen molar-refractivity contribution in [2.75, 3.05) is 0 Å². The third-order valence-corrected chi connectivity index (χ3v) is 2.69. The second-order valence-electron chi connectivity index (χ2n) is 3.41. The molecule has 1 heterocycles. The molecule has 2 N–H and O–H groups in total. The average Bonchev–Trinajstić information content (AvgIpc) is 2.83. The zero-order valence-corrected chi connectivity index (χ0v) is 8.52. The summed E-state index contributed by atoms with van der Waals surface area (Å²) in [5, 5.41) is 0.831. The molecule has 4 heteroatoms. The molecule has 2 nitrogen and oxygen atoms in total. The lowest BCUT2D eigenvalue weighted by Crippen LogP contribution is -2.12. The highest BCUT2D eigenvalue weighted by Crippen LogP contribution is 2.40. The molecule has 0 aliphatic heterocycles. The maximum atomic E-state index is 5.99. The zero-order valence-electron chi connectivity index (χ0n) is 7.00. The fourth-order valence-electron chi connectivity index (χ4n) is 1.40. The first-order valence-electron chi connectivity index (χ1n) is 4.25. The van der Waals surface area contributed by atoms with Crippen molar-refractivity contribution in [3.8, 4) is 0 Å². The van der Waals surface area contributed by atoms with Gasteiger partial charge in [0.2, 0.25) is 0 Å². The molecule has 1 aromatic rings. The Morgan fingerprint density at radius 1 is 1.31 bits per heavy atom. The molecule has 0 unspecified atom stereocenters. The topological polar surface area (TPSA) is 38.9 Å². The minimum absolute atomic E-state index is 0.0676. The van der Waals surface area contributed by atoms with Crippen LogP contribution < -0.4 is 5.73 Å². The summed E-state index contributed by atoms with van der Waals surface area (Å²) >= 11 is 11.5. The van der Waals surface area contributed by atoms with Crippen LogP contribution in [0.15, 0.2) is 12.1 Å². The Labute approximate surface area is 87.1 Å². The highest BCUT2D eigenvalue weighted by molar-refractivity contribution is 6.32. The van der Waals surface area contributed by atoms with E-state index >= 15 is 0 Å². The van der Waals surface area contributed by atoms with Crippen LogP contribution in [-0.2, 0) is 0 Å². The Morgan fingerprint density at radius 2 is 1.85 bits per heavy atom. The van der Waals surface area contributed by atoms with Gasteiger partial charge in [0.15, 0.2) is 0 Å². The molecule has 1 aromatic heterocycles. The normalized spacial score (nSPS) is 18.7. The highest BCUT2D eigenvalue weighted by Gasteiger charge is 2.29. The fourth-order valence-corrected chi connectivity index (χ4v) is 1.88. The van der Waals surface area contributed by atoms with E-state index in [0.29, 0.717) is 16.2 Å². The Hall–Kier alpha value is -0.310. The summed E-state index contributed by atoms with van der Waals surface area (Å²) in [4.78, 5) is 3.87. The van der Waals surface area contributed by atoms with Crippen LogP contribution in [0, 0.1) is 5.92 Å². The molecule has 2 rings (SSSR count). The molecule has 70 valence electrons. The predicted octanol–water partition coefficient (Wildman–Crippen LogP) is 2.80. The van der Waals surface area contributed by atoms with Gasteiger partial charge in [-0.3, -0.25) is 0 Å². The average molecular weight is 217 g/mol. The number of hydrogen-bond acceptors (Lipinski definition) is 2. The number of aromatic nitrogens is 1. The zero-order chi connectivity index (χ0) is 9.42. The SMILES string of the molecule is N[C@H](c1cc(Cl)nc(Cl)c1)C1CC1. The number of hydrogen-bond donors (Lipinski definition) is 1. The Morgan fingerprint density at radius 3 is 2.31 bits per heavy atom. The lowest BCUT2D eigenvalue weighted by molar-refractivity contribution is 0.632. The van der Waals surface area contributed by atoms with Gasteiger partial charge in [-0.2, -0.15) is 0 Å². The molecule has 0 saturated heterocycles. The molecule has 1 aliphatic rings. The lowest BCUT2D eigenvalue weighted by atomic mass is 10.1. The smallest absolute Gasteiger partial charge is 0.131 e. The summed E-state index contributed by atoms with van der Waals surface area (Å²) < 4.78 is 0. The molecule has 1 aliphatic carbocycles. The van der Waals surface area contributed by atoms with Crippen molar-refractivity contribution in [3.63, 3.8) is 0 Å². The van der Waals surface area contributed by atoms with Crippen LogP contribution in [0.5, 0.6) is 0 Å². The van der Waals surface area contributed by atoms with E-state index in [1.165, 1.54) is 12.8 Å². The first-order chi connectivity index (χ1) is 6.16. The van der Waals surface area contributed by atoms with Gasteiger partial charge in [-0.15, -0.1) is 0 Å². The van der Waals surface area contributed by atoms with Gasteiger partial charge in [-0.25, -0.2) is 4.98 Å². The van der Waals surface area contributed by atoms with Crippen LogP contribution in [0.4, 0.5) is 0 Å².